The number of carboxylic acids is 1. The number of nitrogens with zero attached hydrogens (tertiary/aromatic N) is 3. The van der Waals surface area contributed by atoms with Crippen LogP contribution in [0.5, 0.6) is 5.75 Å². The molecule has 0 radical (unpaired) electrons. The number of amides is 1. The van der Waals surface area contributed by atoms with Crippen LogP contribution in [-0.4, -0.2) is 29.1 Å². The van der Waals surface area contributed by atoms with Crippen LogP contribution < -0.4 is 19.6 Å². The third-order valence-electron chi connectivity index (χ3n) is 4.87. The summed E-state index contributed by atoms with van der Waals surface area (Å²) >= 11 is 5.36. The Bertz CT molecular complexity index is 1210. The number of benzene rings is 2. The molecule has 1 heterocycles. The predicted molar refractivity (Wildman–Crippen MR) is 110 cm³/mol. The monoisotopic (exact) mass is 480 g/mol. The maximum atomic E-state index is 14.5. The maximum Gasteiger partial charge on any atom is 0.417 e. The van der Waals surface area contributed by atoms with E-state index >= 15 is 0 Å². The van der Waals surface area contributed by atoms with E-state index in [1.165, 1.54) is 30.9 Å². The smallest absolute Gasteiger partial charge is 0.417 e. The first-order valence-electron chi connectivity index (χ1n) is 9.21. The minimum atomic E-state index is -4.84. The van der Waals surface area contributed by atoms with Gasteiger partial charge in [-0.3, -0.25) is 9.69 Å². The molecule has 7 nitrogen and oxygen atoms in total. The SMILES string of the molecule is CC1(C)C(=O)N(c2ccc(C#N)c(C(F)(F)F)c2)C(=S)N1c1ccc(OCC(=O)[O-])c(F)c1. The van der Waals surface area contributed by atoms with Gasteiger partial charge < -0.3 is 19.5 Å². The summed E-state index contributed by atoms with van der Waals surface area (Å²) in [5.74, 6) is -3.56. The predicted octanol–water partition coefficient (Wildman–Crippen LogP) is 2.76. The van der Waals surface area contributed by atoms with Gasteiger partial charge >= 0.3 is 6.18 Å². The fourth-order valence-electron chi connectivity index (χ4n) is 3.34. The van der Waals surface area contributed by atoms with Crippen LogP contribution in [0.25, 0.3) is 0 Å². The largest absolute Gasteiger partial charge is 0.546 e. The van der Waals surface area contributed by atoms with E-state index in [1.807, 2.05) is 0 Å². The number of carboxylic acid groups (broad SMARTS) is 1. The Labute approximate surface area is 190 Å². The highest BCUT2D eigenvalue weighted by molar-refractivity contribution is 7.81. The molecule has 12 heteroatoms. The zero-order chi connectivity index (χ0) is 24.7. The van der Waals surface area contributed by atoms with E-state index in [9.17, 15) is 32.3 Å². The van der Waals surface area contributed by atoms with Gasteiger partial charge in [0, 0.05) is 11.8 Å². The molecule has 0 N–H and O–H groups in total. The number of hydrogen-bond donors (Lipinski definition) is 0. The highest BCUT2D eigenvalue weighted by Crippen LogP contribution is 2.40. The van der Waals surface area contributed by atoms with Crippen molar-refractivity contribution in [1.82, 2.24) is 0 Å². The van der Waals surface area contributed by atoms with Gasteiger partial charge in [-0.15, -0.1) is 0 Å². The molecule has 1 aliphatic rings. The summed E-state index contributed by atoms with van der Waals surface area (Å²) < 4.78 is 59.4. The number of alkyl halides is 3. The van der Waals surface area contributed by atoms with Crippen molar-refractivity contribution in [3.8, 4) is 11.8 Å². The number of nitriles is 1. The Morgan fingerprint density at radius 3 is 2.39 bits per heavy atom. The first-order valence-corrected chi connectivity index (χ1v) is 9.62. The third kappa shape index (κ3) is 4.31. The molecular weight excluding hydrogens is 466 g/mol. The van der Waals surface area contributed by atoms with Crippen LogP contribution in [0.3, 0.4) is 0 Å². The Morgan fingerprint density at radius 2 is 1.85 bits per heavy atom. The van der Waals surface area contributed by atoms with E-state index < -0.39 is 47.1 Å². The molecule has 2 aromatic rings. The third-order valence-corrected chi connectivity index (χ3v) is 5.24. The van der Waals surface area contributed by atoms with Crippen molar-refractivity contribution in [3.63, 3.8) is 0 Å². The minimum absolute atomic E-state index is 0.0869. The second kappa shape index (κ2) is 8.32. The average molecular weight is 480 g/mol. The van der Waals surface area contributed by atoms with Gasteiger partial charge in [0.1, 0.15) is 12.1 Å². The van der Waals surface area contributed by atoms with E-state index in [-0.39, 0.29) is 22.2 Å². The van der Waals surface area contributed by atoms with Gasteiger partial charge in [-0.05, 0) is 56.4 Å². The average Bonchev–Trinajstić information content (AvgIpc) is 2.89. The second-order valence-electron chi connectivity index (χ2n) is 7.43. The zero-order valence-electron chi connectivity index (χ0n) is 17.1. The summed E-state index contributed by atoms with van der Waals surface area (Å²) in [6, 6.07) is 7.61. The lowest BCUT2D eigenvalue weighted by Crippen LogP contribution is -2.44. The van der Waals surface area contributed by atoms with E-state index in [1.54, 1.807) is 0 Å². The summed E-state index contributed by atoms with van der Waals surface area (Å²) in [5.41, 5.74) is -3.38. The maximum absolute atomic E-state index is 14.5. The van der Waals surface area contributed by atoms with Crippen LogP contribution in [0, 0.1) is 17.1 Å². The van der Waals surface area contributed by atoms with Gasteiger partial charge in [0.2, 0.25) is 0 Å². The lowest BCUT2D eigenvalue weighted by Gasteiger charge is -2.29. The summed E-state index contributed by atoms with van der Waals surface area (Å²) in [6.45, 7) is 2.03. The van der Waals surface area contributed by atoms with Crippen molar-refractivity contribution in [2.45, 2.75) is 25.6 Å². The second-order valence-corrected chi connectivity index (χ2v) is 7.80. The van der Waals surface area contributed by atoms with Gasteiger partial charge in [-0.1, -0.05) is 0 Å². The van der Waals surface area contributed by atoms with Crippen molar-refractivity contribution in [2.75, 3.05) is 16.4 Å². The molecule has 3 rings (SSSR count). The standard InChI is InChI=1S/C21H15F4N3O4S/c1-20(2)18(31)27(12-4-3-11(9-26)14(7-12)21(23,24)25)19(33)28(20)13-5-6-16(15(22)8-13)32-10-17(29)30/h3-8H,10H2,1-2H3,(H,29,30)/p-1. The molecule has 0 unspecified atom stereocenters. The summed E-state index contributed by atoms with van der Waals surface area (Å²) in [7, 11) is 0. The van der Waals surface area contributed by atoms with Crippen molar-refractivity contribution >= 4 is 40.6 Å². The molecule has 1 saturated heterocycles. The Morgan fingerprint density at radius 1 is 1.21 bits per heavy atom. The molecule has 2 aromatic carbocycles. The van der Waals surface area contributed by atoms with Crippen LogP contribution in [-0.2, 0) is 15.8 Å². The van der Waals surface area contributed by atoms with E-state index in [0.29, 0.717) is 6.07 Å². The molecule has 1 amide bonds. The van der Waals surface area contributed by atoms with Crippen LogP contribution in [0.15, 0.2) is 36.4 Å². The van der Waals surface area contributed by atoms with Gasteiger partial charge in [-0.2, -0.15) is 18.4 Å². The first kappa shape index (κ1) is 23.9. The molecule has 0 atom stereocenters. The number of thiocarbonyl (C=S) groups is 1. The molecule has 0 spiro atoms. The number of carbonyl (C=O) groups excluding carboxylic acids is 2. The molecule has 0 saturated carbocycles. The van der Waals surface area contributed by atoms with Crippen LogP contribution in [0.1, 0.15) is 25.0 Å². The van der Waals surface area contributed by atoms with Crippen LogP contribution in [0.4, 0.5) is 28.9 Å². The van der Waals surface area contributed by atoms with Gasteiger partial charge in [0.15, 0.2) is 16.7 Å². The highest BCUT2D eigenvalue weighted by Gasteiger charge is 2.50. The van der Waals surface area contributed by atoms with Gasteiger partial charge in [0.25, 0.3) is 5.91 Å². The number of aliphatic carboxylic acids is 1. The van der Waals surface area contributed by atoms with Crippen molar-refractivity contribution in [2.24, 2.45) is 0 Å². The molecule has 172 valence electrons. The first-order chi connectivity index (χ1) is 15.3. The quantitative estimate of drug-likeness (QED) is 0.480. The Kier molecular flexibility index (Phi) is 6.04. The van der Waals surface area contributed by atoms with Crippen LogP contribution in [0.2, 0.25) is 0 Å². The lowest BCUT2D eigenvalue weighted by molar-refractivity contribution is -0.307. The zero-order valence-corrected chi connectivity index (χ0v) is 17.9. The van der Waals surface area contributed by atoms with Gasteiger partial charge in [-0.25, -0.2) is 4.39 Å². The van der Waals surface area contributed by atoms with E-state index in [4.69, 9.17) is 22.2 Å². The fraction of sp³-hybridized carbons (Fsp3) is 0.238. The minimum Gasteiger partial charge on any atom is -0.546 e. The van der Waals surface area contributed by atoms with E-state index in [2.05, 4.69) is 0 Å². The van der Waals surface area contributed by atoms with Crippen molar-refractivity contribution in [1.29, 1.82) is 5.26 Å². The topological polar surface area (TPSA) is 96.7 Å². The molecule has 1 fully saturated rings. The normalized spacial score (nSPS) is 15.5. The van der Waals surface area contributed by atoms with E-state index in [0.717, 1.165) is 29.2 Å². The Balaban J connectivity index is 2.03. The number of rotatable bonds is 5. The fourth-order valence-corrected chi connectivity index (χ4v) is 3.86. The van der Waals surface area contributed by atoms with Gasteiger partial charge in [0.05, 0.1) is 28.9 Å². The summed E-state index contributed by atoms with van der Waals surface area (Å²) in [6.07, 6.45) is -4.84. The molecule has 0 aromatic heterocycles. The highest BCUT2D eigenvalue weighted by atomic mass is 32.1. The molecular formula is C21H14F4N3O4S-. The molecule has 33 heavy (non-hydrogen) atoms. The molecule has 0 aliphatic carbocycles. The van der Waals surface area contributed by atoms with Crippen LogP contribution >= 0.6 is 12.2 Å². The van der Waals surface area contributed by atoms with Crippen molar-refractivity contribution < 1.29 is 37.0 Å². The van der Waals surface area contributed by atoms with Crippen molar-refractivity contribution in [3.05, 3.63) is 53.3 Å². The number of hydrogen-bond acceptors (Lipinski definition) is 6. The molecule has 0 bridgehead atoms. The number of carbonyl (C=O) groups is 2. The number of anilines is 2. The summed E-state index contributed by atoms with van der Waals surface area (Å²) in [4.78, 5) is 25.8. The summed E-state index contributed by atoms with van der Waals surface area (Å²) in [5, 5.41) is 19.3. The lowest BCUT2D eigenvalue weighted by atomic mass is 10.0. The Hall–Kier alpha value is -3.72. The number of halogens is 4. The number of ether oxygens (including phenoxy) is 1. The molecule has 1 aliphatic heterocycles.